The molecule has 1 aromatic rings. The molecule has 0 unspecified atom stereocenters. The van der Waals surface area contributed by atoms with Gasteiger partial charge in [0.2, 0.25) is 20.0 Å². The molecule has 1 aliphatic carbocycles. The Kier molecular flexibility index (Phi) is 4.90. The van der Waals surface area contributed by atoms with Crippen LogP contribution in [0, 0.1) is 0 Å². The number of anilines is 1. The second-order valence-corrected chi connectivity index (χ2v) is 10.3. The van der Waals surface area contributed by atoms with Crippen LogP contribution in [0.3, 0.4) is 0 Å². The second kappa shape index (κ2) is 6.65. The summed E-state index contributed by atoms with van der Waals surface area (Å²) >= 11 is 0. The minimum atomic E-state index is -3.57. The molecule has 8 heteroatoms. The molecule has 3 rings (SSSR count). The summed E-state index contributed by atoms with van der Waals surface area (Å²) in [5.41, 5.74) is 1.36. The average molecular weight is 373 g/mol. The van der Waals surface area contributed by atoms with Gasteiger partial charge < -0.3 is 0 Å². The van der Waals surface area contributed by atoms with E-state index in [0.717, 1.165) is 31.2 Å². The van der Waals surface area contributed by atoms with Gasteiger partial charge in [-0.25, -0.2) is 21.6 Å². The number of sulfonamides is 2. The van der Waals surface area contributed by atoms with Crippen molar-refractivity contribution in [1.82, 2.24) is 4.72 Å². The summed E-state index contributed by atoms with van der Waals surface area (Å²) < 4.78 is 53.0. The first kappa shape index (κ1) is 17.7. The van der Waals surface area contributed by atoms with Crippen molar-refractivity contribution in [3.63, 3.8) is 0 Å². The van der Waals surface area contributed by atoms with Gasteiger partial charge in [0.1, 0.15) is 0 Å². The first-order chi connectivity index (χ1) is 11.3. The molecule has 1 aromatic carbocycles. The fraction of sp³-hybridized carbons (Fsp3) is 0.625. The fourth-order valence-electron chi connectivity index (χ4n) is 3.54. The standard InChI is InChI=1S/C16H24N2O4S2/c1-23(19,20)18-11-10-13-12-15(8-9-16(13)18)24(21,22)17-14-6-4-2-3-5-7-14/h8-9,12,14,17H,2-7,10-11H2,1H3. The first-order valence-corrected chi connectivity index (χ1v) is 11.7. The van der Waals surface area contributed by atoms with Crippen LogP contribution in [-0.4, -0.2) is 35.7 Å². The Morgan fingerprint density at radius 2 is 1.71 bits per heavy atom. The Hall–Kier alpha value is -1.12. The molecule has 0 aromatic heterocycles. The molecule has 1 heterocycles. The molecule has 2 aliphatic rings. The van der Waals surface area contributed by atoms with Gasteiger partial charge in [-0.1, -0.05) is 25.7 Å². The molecule has 1 fully saturated rings. The van der Waals surface area contributed by atoms with Crippen LogP contribution >= 0.6 is 0 Å². The minimum Gasteiger partial charge on any atom is -0.270 e. The van der Waals surface area contributed by atoms with E-state index >= 15 is 0 Å². The van der Waals surface area contributed by atoms with E-state index in [1.54, 1.807) is 12.1 Å². The summed E-state index contributed by atoms with van der Waals surface area (Å²) in [6, 6.07) is 4.71. The highest BCUT2D eigenvalue weighted by molar-refractivity contribution is 7.92. The smallest absolute Gasteiger partial charge is 0.240 e. The Morgan fingerprint density at radius 3 is 2.33 bits per heavy atom. The number of hydrogen-bond acceptors (Lipinski definition) is 4. The SMILES string of the molecule is CS(=O)(=O)N1CCc2cc(S(=O)(=O)NC3CCCCCC3)ccc21. The van der Waals surface area contributed by atoms with Crippen LogP contribution in [0.25, 0.3) is 0 Å². The van der Waals surface area contributed by atoms with E-state index < -0.39 is 20.0 Å². The highest BCUT2D eigenvalue weighted by Crippen LogP contribution is 2.32. The fourth-order valence-corrected chi connectivity index (χ4v) is 5.86. The lowest BCUT2D eigenvalue weighted by Crippen LogP contribution is -2.34. The maximum Gasteiger partial charge on any atom is 0.240 e. The summed E-state index contributed by atoms with van der Waals surface area (Å²) in [5.74, 6) is 0. The van der Waals surface area contributed by atoms with Crippen LogP contribution < -0.4 is 9.03 Å². The number of fused-ring (bicyclic) bond motifs is 1. The Balaban J connectivity index is 1.82. The second-order valence-electron chi connectivity index (χ2n) is 6.69. The summed E-state index contributed by atoms with van der Waals surface area (Å²) in [6.45, 7) is 0.369. The minimum absolute atomic E-state index is 0.00160. The van der Waals surface area contributed by atoms with Gasteiger partial charge in [0.25, 0.3) is 0 Å². The molecule has 0 amide bonds. The van der Waals surface area contributed by atoms with Crippen LogP contribution in [0.5, 0.6) is 0 Å². The number of hydrogen-bond donors (Lipinski definition) is 1. The number of nitrogens with one attached hydrogen (secondary N) is 1. The molecular formula is C16H24N2O4S2. The topological polar surface area (TPSA) is 83.6 Å². The van der Waals surface area contributed by atoms with Crippen LogP contribution in [-0.2, 0) is 26.5 Å². The van der Waals surface area contributed by atoms with Gasteiger partial charge in [-0.05, 0) is 43.0 Å². The number of benzene rings is 1. The molecule has 1 aliphatic heterocycles. The molecule has 6 nitrogen and oxygen atoms in total. The monoisotopic (exact) mass is 372 g/mol. The first-order valence-electron chi connectivity index (χ1n) is 8.40. The number of rotatable bonds is 4. The third-order valence-electron chi connectivity index (χ3n) is 4.79. The van der Waals surface area contributed by atoms with Gasteiger partial charge in [0.05, 0.1) is 16.8 Å². The lowest BCUT2D eigenvalue weighted by atomic mass is 10.1. The van der Waals surface area contributed by atoms with Crippen molar-refractivity contribution in [3.05, 3.63) is 23.8 Å². The maximum absolute atomic E-state index is 12.6. The van der Waals surface area contributed by atoms with Gasteiger partial charge in [0, 0.05) is 12.6 Å². The molecule has 0 saturated heterocycles. The van der Waals surface area contributed by atoms with Crippen LogP contribution in [0.2, 0.25) is 0 Å². The van der Waals surface area contributed by atoms with Crippen molar-refractivity contribution in [2.45, 2.75) is 55.9 Å². The van der Waals surface area contributed by atoms with Crippen molar-refractivity contribution >= 4 is 25.7 Å². The molecule has 24 heavy (non-hydrogen) atoms. The molecule has 0 bridgehead atoms. The van der Waals surface area contributed by atoms with E-state index in [2.05, 4.69) is 4.72 Å². The third-order valence-corrected chi connectivity index (χ3v) is 7.49. The van der Waals surface area contributed by atoms with E-state index in [1.807, 2.05) is 0 Å². The summed E-state index contributed by atoms with van der Waals surface area (Å²) in [4.78, 5) is 0.223. The molecule has 1 N–H and O–H groups in total. The van der Waals surface area contributed by atoms with Gasteiger partial charge >= 0.3 is 0 Å². The van der Waals surface area contributed by atoms with Crippen LogP contribution in [0.4, 0.5) is 5.69 Å². The zero-order valence-electron chi connectivity index (χ0n) is 13.9. The molecule has 1 saturated carbocycles. The Bertz CT molecular complexity index is 810. The zero-order valence-corrected chi connectivity index (χ0v) is 15.5. The largest absolute Gasteiger partial charge is 0.270 e. The molecule has 0 radical (unpaired) electrons. The van der Waals surface area contributed by atoms with Crippen molar-refractivity contribution in [3.8, 4) is 0 Å². The predicted octanol–water partition coefficient (Wildman–Crippen LogP) is 2.01. The highest BCUT2D eigenvalue weighted by Gasteiger charge is 2.28. The summed E-state index contributed by atoms with van der Waals surface area (Å²) in [7, 11) is -6.89. The van der Waals surface area contributed by atoms with Gasteiger partial charge in [-0.3, -0.25) is 4.31 Å². The van der Waals surface area contributed by atoms with E-state index in [4.69, 9.17) is 0 Å². The maximum atomic E-state index is 12.6. The molecule has 0 atom stereocenters. The van der Waals surface area contributed by atoms with Gasteiger partial charge in [-0.2, -0.15) is 0 Å². The number of nitrogens with zero attached hydrogens (tertiary/aromatic N) is 1. The molecule has 134 valence electrons. The van der Waals surface area contributed by atoms with Crippen LogP contribution in [0.15, 0.2) is 23.1 Å². The average Bonchev–Trinajstić information content (AvgIpc) is 2.78. The molecular weight excluding hydrogens is 348 g/mol. The Labute approximate surface area is 144 Å². The Morgan fingerprint density at radius 1 is 1.04 bits per heavy atom. The van der Waals surface area contributed by atoms with Crippen LogP contribution in [0.1, 0.15) is 44.1 Å². The normalized spacial score (nSPS) is 20.0. The van der Waals surface area contributed by atoms with E-state index in [0.29, 0.717) is 18.7 Å². The molecule has 0 spiro atoms. The van der Waals surface area contributed by atoms with E-state index in [1.165, 1.54) is 29.5 Å². The quantitative estimate of drug-likeness (QED) is 0.820. The van der Waals surface area contributed by atoms with Crippen molar-refractivity contribution in [1.29, 1.82) is 0 Å². The van der Waals surface area contributed by atoms with E-state index in [-0.39, 0.29) is 10.9 Å². The lowest BCUT2D eigenvalue weighted by Gasteiger charge is -2.18. The predicted molar refractivity (Wildman–Crippen MR) is 94.1 cm³/mol. The van der Waals surface area contributed by atoms with Gasteiger partial charge in [-0.15, -0.1) is 0 Å². The van der Waals surface area contributed by atoms with Crippen molar-refractivity contribution < 1.29 is 16.8 Å². The van der Waals surface area contributed by atoms with E-state index in [9.17, 15) is 16.8 Å². The lowest BCUT2D eigenvalue weighted by molar-refractivity contribution is 0.510. The summed E-state index contributed by atoms with van der Waals surface area (Å²) in [5, 5.41) is 0. The highest BCUT2D eigenvalue weighted by atomic mass is 32.2. The summed E-state index contributed by atoms with van der Waals surface area (Å²) in [6.07, 6.45) is 7.91. The zero-order chi connectivity index (χ0) is 17.4. The third kappa shape index (κ3) is 3.75. The van der Waals surface area contributed by atoms with Crippen molar-refractivity contribution in [2.24, 2.45) is 0 Å². The van der Waals surface area contributed by atoms with Crippen molar-refractivity contribution in [2.75, 3.05) is 17.1 Å². The van der Waals surface area contributed by atoms with Gasteiger partial charge in [0.15, 0.2) is 0 Å².